The molecule has 4 nitrogen and oxygen atoms in total. The van der Waals surface area contributed by atoms with E-state index < -0.39 is 5.97 Å². The summed E-state index contributed by atoms with van der Waals surface area (Å²) in [5.41, 5.74) is 1.93. The first-order valence-corrected chi connectivity index (χ1v) is 13.1. The van der Waals surface area contributed by atoms with Gasteiger partial charge in [0.25, 0.3) is 0 Å². The number of carbonyl (C=O) groups excluding carboxylic acids is 1. The van der Waals surface area contributed by atoms with E-state index in [0.29, 0.717) is 22.4 Å². The number of nitrogens with zero attached hydrogens (tertiary/aromatic N) is 1. The van der Waals surface area contributed by atoms with Gasteiger partial charge in [-0.25, -0.2) is 4.79 Å². The number of hydrogen-bond acceptors (Lipinski definition) is 3. The molecule has 0 spiro atoms. The number of carboxylic acids is 1. The lowest BCUT2D eigenvalue weighted by Gasteiger charge is -2.39. The first-order valence-electron chi connectivity index (χ1n) is 12.3. The van der Waals surface area contributed by atoms with Gasteiger partial charge in [0.05, 0.1) is 5.69 Å². The molecule has 1 aromatic heterocycles. The number of carbonyl (C=O) groups is 2. The van der Waals surface area contributed by atoms with Crippen molar-refractivity contribution in [1.29, 1.82) is 0 Å². The Bertz CT molecular complexity index is 834. The van der Waals surface area contributed by atoms with Crippen molar-refractivity contribution in [3.05, 3.63) is 21.9 Å². The fourth-order valence-electron chi connectivity index (χ4n) is 5.77. The number of thiophene rings is 1. The molecule has 0 bridgehead atoms. The van der Waals surface area contributed by atoms with Gasteiger partial charge in [0.2, 0.25) is 5.91 Å². The Morgan fingerprint density at radius 3 is 2.42 bits per heavy atom. The molecule has 2 unspecified atom stereocenters. The number of allylic oxidation sites excluding steroid dienone is 2. The Morgan fingerprint density at radius 1 is 1.00 bits per heavy atom. The van der Waals surface area contributed by atoms with Crippen LogP contribution in [-0.4, -0.2) is 23.0 Å². The van der Waals surface area contributed by atoms with Crippen LogP contribution in [0.25, 0.3) is 5.57 Å². The normalized spacial score (nSPS) is 29.3. The molecule has 1 amide bonds. The summed E-state index contributed by atoms with van der Waals surface area (Å²) in [4.78, 5) is 29.5. The summed E-state index contributed by atoms with van der Waals surface area (Å²) < 4.78 is 0. The van der Waals surface area contributed by atoms with E-state index in [9.17, 15) is 14.7 Å². The van der Waals surface area contributed by atoms with Crippen LogP contribution < -0.4 is 4.90 Å². The lowest BCUT2D eigenvalue weighted by molar-refractivity contribution is -0.124. The zero-order chi connectivity index (χ0) is 22.0. The summed E-state index contributed by atoms with van der Waals surface area (Å²) in [6.45, 7) is 4.54. The van der Waals surface area contributed by atoms with Crippen LogP contribution in [0.4, 0.5) is 5.69 Å². The molecule has 1 aromatic rings. The van der Waals surface area contributed by atoms with E-state index in [1.54, 1.807) is 0 Å². The Hall–Kier alpha value is -1.62. The van der Waals surface area contributed by atoms with Crippen molar-refractivity contribution in [2.45, 2.75) is 96.9 Å². The zero-order valence-corrected chi connectivity index (χ0v) is 19.9. The van der Waals surface area contributed by atoms with E-state index in [1.165, 1.54) is 29.8 Å². The van der Waals surface area contributed by atoms with Crippen LogP contribution in [0.15, 0.2) is 12.1 Å². The van der Waals surface area contributed by atoms with Gasteiger partial charge in [-0.15, -0.1) is 11.3 Å². The van der Waals surface area contributed by atoms with E-state index in [4.69, 9.17) is 0 Å². The Kier molecular flexibility index (Phi) is 7.20. The van der Waals surface area contributed by atoms with Crippen molar-refractivity contribution in [3.63, 3.8) is 0 Å². The fraction of sp³-hybridized carbons (Fsp3) is 0.692. The largest absolute Gasteiger partial charge is 0.477 e. The van der Waals surface area contributed by atoms with E-state index in [-0.39, 0.29) is 17.9 Å². The molecule has 0 aromatic carbocycles. The molecule has 31 heavy (non-hydrogen) atoms. The average Bonchev–Trinajstić information content (AvgIpc) is 3.20. The second kappa shape index (κ2) is 9.89. The van der Waals surface area contributed by atoms with Crippen molar-refractivity contribution in [1.82, 2.24) is 0 Å². The zero-order valence-electron chi connectivity index (χ0n) is 19.1. The second-order valence-electron chi connectivity index (χ2n) is 10.2. The summed E-state index contributed by atoms with van der Waals surface area (Å²) in [5, 5.41) is 10.1. The molecule has 0 saturated heterocycles. The van der Waals surface area contributed by atoms with Gasteiger partial charge in [0.15, 0.2) is 0 Å². The Balaban J connectivity index is 1.71. The van der Waals surface area contributed by atoms with Crippen molar-refractivity contribution < 1.29 is 14.7 Å². The molecule has 2 fully saturated rings. The number of carboxylic acid groups (broad SMARTS) is 1. The highest BCUT2D eigenvalue weighted by molar-refractivity contribution is 7.15. The van der Waals surface area contributed by atoms with Crippen molar-refractivity contribution >= 4 is 34.5 Å². The van der Waals surface area contributed by atoms with Gasteiger partial charge in [-0.3, -0.25) is 4.79 Å². The third kappa shape index (κ3) is 5.08. The van der Waals surface area contributed by atoms with E-state index in [0.717, 1.165) is 69.1 Å². The molecule has 3 aliphatic rings. The predicted octanol–water partition coefficient (Wildman–Crippen LogP) is 7.14. The van der Waals surface area contributed by atoms with Gasteiger partial charge in [-0.2, -0.15) is 0 Å². The minimum absolute atomic E-state index is 0.0346. The maximum Gasteiger partial charge on any atom is 0.348 e. The fourth-order valence-corrected chi connectivity index (χ4v) is 6.83. The third-order valence-electron chi connectivity index (χ3n) is 7.65. The summed E-state index contributed by atoms with van der Waals surface area (Å²) >= 11 is 1.37. The predicted molar refractivity (Wildman–Crippen MR) is 128 cm³/mol. The smallest absolute Gasteiger partial charge is 0.348 e. The maximum atomic E-state index is 13.9. The molecule has 170 valence electrons. The van der Waals surface area contributed by atoms with Gasteiger partial charge < -0.3 is 10.0 Å². The number of anilines is 1. The molecule has 2 saturated carbocycles. The summed E-state index contributed by atoms with van der Waals surface area (Å²) in [6.07, 6.45) is 15.0. The van der Waals surface area contributed by atoms with E-state index >= 15 is 0 Å². The van der Waals surface area contributed by atoms with Gasteiger partial charge in [0.1, 0.15) is 4.88 Å². The molecule has 5 heteroatoms. The number of rotatable bonds is 5. The third-order valence-corrected chi connectivity index (χ3v) is 8.84. The standard InChI is InChI=1S/C26H37NO3S/c1-17-11-13-20(14-12-17)25(28)27(21-10-6-7-18(2)15-21)22-16-23(31-24(22)26(29)30)19-8-4-3-5-9-19/h8,16-18,20-21H,3-7,9-15H2,1-2H3,(H,29,30)/t17-,18?,20-,21?. The molecular weight excluding hydrogens is 406 g/mol. The summed E-state index contributed by atoms with van der Waals surface area (Å²) in [7, 11) is 0. The molecule has 0 radical (unpaired) electrons. The number of hydrogen-bond donors (Lipinski definition) is 1. The van der Waals surface area contributed by atoms with Crippen LogP contribution in [0.2, 0.25) is 0 Å². The van der Waals surface area contributed by atoms with Gasteiger partial charge in [-0.1, -0.05) is 32.8 Å². The topological polar surface area (TPSA) is 57.6 Å². The van der Waals surface area contributed by atoms with Crippen LogP contribution in [0.3, 0.4) is 0 Å². The highest BCUT2D eigenvalue weighted by atomic mass is 32.1. The quantitative estimate of drug-likeness (QED) is 0.526. The molecule has 1 heterocycles. The first kappa shape index (κ1) is 22.6. The maximum absolute atomic E-state index is 13.9. The molecular formula is C26H37NO3S. The highest BCUT2D eigenvalue weighted by Crippen LogP contribution is 2.42. The number of aromatic carboxylic acids is 1. The van der Waals surface area contributed by atoms with Crippen LogP contribution in [-0.2, 0) is 4.79 Å². The molecule has 0 aliphatic heterocycles. The van der Waals surface area contributed by atoms with Crippen molar-refractivity contribution in [3.8, 4) is 0 Å². The molecule has 1 N–H and O–H groups in total. The summed E-state index contributed by atoms with van der Waals surface area (Å²) in [6, 6.07) is 2.16. The van der Waals surface area contributed by atoms with Gasteiger partial charge in [0, 0.05) is 16.8 Å². The second-order valence-corrected chi connectivity index (χ2v) is 11.2. The minimum Gasteiger partial charge on any atom is -0.477 e. The molecule has 3 aliphatic carbocycles. The van der Waals surface area contributed by atoms with Crippen LogP contribution in [0.1, 0.15) is 105 Å². The number of amides is 1. The van der Waals surface area contributed by atoms with Crippen molar-refractivity contribution in [2.24, 2.45) is 17.8 Å². The van der Waals surface area contributed by atoms with Gasteiger partial charge in [-0.05, 0) is 87.7 Å². The van der Waals surface area contributed by atoms with E-state index in [2.05, 4.69) is 19.9 Å². The monoisotopic (exact) mass is 443 g/mol. The lowest BCUT2D eigenvalue weighted by atomic mass is 9.81. The van der Waals surface area contributed by atoms with Crippen LogP contribution in [0, 0.1) is 17.8 Å². The Labute approximate surface area is 190 Å². The minimum atomic E-state index is -0.901. The molecule has 2 atom stereocenters. The first-order chi connectivity index (χ1) is 14.9. The van der Waals surface area contributed by atoms with Crippen LogP contribution in [0.5, 0.6) is 0 Å². The molecule has 4 rings (SSSR count). The average molecular weight is 444 g/mol. The Morgan fingerprint density at radius 2 is 1.77 bits per heavy atom. The van der Waals surface area contributed by atoms with E-state index in [1.807, 2.05) is 11.0 Å². The van der Waals surface area contributed by atoms with Crippen LogP contribution >= 0.6 is 11.3 Å². The lowest BCUT2D eigenvalue weighted by Crippen LogP contribution is -2.46. The summed E-state index contributed by atoms with van der Waals surface area (Å²) in [5.74, 6) is 0.574. The van der Waals surface area contributed by atoms with Gasteiger partial charge >= 0.3 is 5.97 Å². The highest BCUT2D eigenvalue weighted by Gasteiger charge is 2.37. The van der Waals surface area contributed by atoms with Crippen molar-refractivity contribution in [2.75, 3.05) is 4.90 Å². The SMILES string of the molecule is CC1CCCC(N(c2cc(C3=CCCCC3)sc2C(=O)O)C(=O)[C@H]2CC[C@H](C)CC2)C1.